The summed E-state index contributed by atoms with van der Waals surface area (Å²) in [6.07, 6.45) is 5.86. The van der Waals surface area contributed by atoms with Crippen LogP contribution in [-0.4, -0.2) is 50.9 Å². The molecule has 0 radical (unpaired) electrons. The number of anilines is 1. The van der Waals surface area contributed by atoms with Crippen LogP contribution >= 0.6 is 0 Å². The normalized spacial score (nSPS) is 20.0. The SMILES string of the molecule is CN(C)S(=O)(=O)c1ccc(N2CCCCC2CCN)nc1. The van der Waals surface area contributed by atoms with E-state index in [9.17, 15) is 8.42 Å². The first-order valence-corrected chi connectivity index (χ1v) is 8.76. The molecule has 0 bridgehead atoms. The number of nitrogens with two attached hydrogens (primary N) is 1. The van der Waals surface area contributed by atoms with Gasteiger partial charge < -0.3 is 10.6 Å². The average molecular weight is 312 g/mol. The van der Waals surface area contributed by atoms with E-state index in [2.05, 4.69) is 9.88 Å². The van der Waals surface area contributed by atoms with E-state index >= 15 is 0 Å². The van der Waals surface area contributed by atoms with E-state index in [0.29, 0.717) is 12.6 Å². The van der Waals surface area contributed by atoms with Gasteiger partial charge in [0.05, 0.1) is 0 Å². The minimum atomic E-state index is -3.42. The van der Waals surface area contributed by atoms with Crippen LogP contribution in [0.2, 0.25) is 0 Å². The van der Waals surface area contributed by atoms with Gasteiger partial charge in [-0.3, -0.25) is 0 Å². The molecule has 6 nitrogen and oxygen atoms in total. The highest BCUT2D eigenvalue weighted by Crippen LogP contribution is 2.25. The van der Waals surface area contributed by atoms with Gasteiger partial charge in [-0.15, -0.1) is 0 Å². The van der Waals surface area contributed by atoms with Gasteiger partial charge in [0.15, 0.2) is 0 Å². The predicted octanol–water partition coefficient (Wildman–Crippen LogP) is 1.04. The number of rotatable bonds is 5. The second kappa shape index (κ2) is 6.72. The van der Waals surface area contributed by atoms with E-state index < -0.39 is 10.0 Å². The molecule has 1 fully saturated rings. The lowest BCUT2D eigenvalue weighted by Crippen LogP contribution is -2.41. The number of piperidine rings is 1. The molecule has 1 aromatic rings. The molecule has 118 valence electrons. The molecule has 1 aliphatic heterocycles. The number of hydrogen-bond acceptors (Lipinski definition) is 5. The minimum Gasteiger partial charge on any atom is -0.354 e. The maximum atomic E-state index is 12.0. The Hall–Kier alpha value is -1.18. The second-order valence-electron chi connectivity index (χ2n) is 5.56. The molecule has 1 saturated heterocycles. The zero-order chi connectivity index (χ0) is 15.5. The van der Waals surface area contributed by atoms with Crippen LogP contribution in [0.1, 0.15) is 25.7 Å². The largest absolute Gasteiger partial charge is 0.354 e. The fourth-order valence-corrected chi connectivity index (χ4v) is 3.55. The molecule has 0 aliphatic carbocycles. The van der Waals surface area contributed by atoms with E-state index in [-0.39, 0.29) is 4.90 Å². The maximum Gasteiger partial charge on any atom is 0.244 e. The Morgan fingerprint density at radius 1 is 1.38 bits per heavy atom. The third-order valence-electron chi connectivity index (χ3n) is 3.92. The Bertz CT molecular complexity index is 555. The number of nitrogens with zero attached hydrogens (tertiary/aromatic N) is 3. The summed E-state index contributed by atoms with van der Waals surface area (Å²) in [5.41, 5.74) is 5.68. The summed E-state index contributed by atoms with van der Waals surface area (Å²) in [5, 5.41) is 0. The number of aromatic nitrogens is 1. The molecular formula is C14H24N4O2S. The third-order valence-corrected chi connectivity index (χ3v) is 5.72. The van der Waals surface area contributed by atoms with Crippen LogP contribution in [0.15, 0.2) is 23.2 Å². The van der Waals surface area contributed by atoms with Gasteiger partial charge in [-0.05, 0) is 44.4 Å². The van der Waals surface area contributed by atoms with Gasteiger partial charge in [0.25, 0.3) is 0 Å². The van der Waals surface area contributed by atoms with Crippen LogP contribution < -0.4 is 10.6 Å². The standard InChI is InChI=1S/C14H24N4O2S/c1-17(2)21(19,20)13-6-7-14(16-11-13)18-10-4-3-5-12(18)8-9-15/h6-7,11-12H,3-5,8-10,15H2,1-2H3. The lowest BCUT2D eigenvalue weighted by molar-refractivity contribution is 0.438. The van der Waals surface area contributed by atoms with Crippen molar-refractivity contribution in [3.05, 3.63) is 18.3 Å². The van der Waals surface area contributed by atoms with Crippen molar-refractivity contribution in [1.82, 2.24) is 9.29 Å². The van der Waals surface area contributed by atoms with Crippen molar-refractivity contribution in [2.45, 2.75) is 36.6 Å². The average Bonchev–Trinajstić information content (AvgIpc) is 2.48. The van der Waals surface area contributed by atoms with Crippen LogP contribution in [0.4, 0.5) is 5.82 Å². The first-order valence-electron chi connectivity index (χ1n) is 7.32. The summed E-state index contributed by atoms with van der Waals surface area (Å²) in [4.78, 5) is 6.84. The summed E-state index contributed by atoms with van der Waals surface area (Å²) < 4.78 is 25.3. The lowest BCUT2D eigenvalue weighted by atomic mass is 9.99. The van der Waals surface area contributed by atoms with Crippen molar-refractivity contribution in [1.29, 1.82) is 0 Å². The first-order chi connectivity index (χ1) is 9.96. The van der Waals surface area contributed by atoms with Crippen LogP contribution in [0.5, 0.6) is 0 Å². The molecule has 0 saturated carbocycles. The van der Waals surface area contributed by atoms with Crippen LogP contribution in [-0.2, 0) is 10.0 Å². The highest BCUT2D eigenvalue weighted by molar-refractivity contribution is 7.89. The molecule has 1 aliphatic rings. The van der Waals surface area contributed by atoms with Crippen molar-refractivity contribution in [2.75, 3.05) is 32.1 Å². The topological polar surface area (TPSA) is 79.5 Å². The second-order valence-corrected chi connectivity index (χ2v) is 7.71. The number of hydrogen-bond donors (Lipinski definition) is 1. The molecule has 2 N–H and O–H groups in total. The minimum absolute atomic E-state index is 0.226. The van der Waals surface area contributed by atoms with E-state index in [1.54, 1.807) is 12.1 Å². The van der Waals surface area contributed by atoms with E-state index in [4.69, 9.17) is 5.73 Å². The molecule has 1 aromatic heterocycles. The Morgan fingerprint density at radius 3 is 2.71 bits per heavy atom. The monoisotopic (exact) mass is 312 g/mol. The van der Waals surface area contributed by atoms with E-state index in [1.165, 1.54) is 31.0 Å². The molecular weight excluding hydrogens is 288 g/mol. The predicted molar refractivity (Wildman–Crippen MR) is 83.8 cm³/mol. The molecule has 7 heteroatoms. The highest BCUT2D eigenvalue weighted by Gasteiger charge is 2.24. The van der Waals surface area contributed by atoms with Gasteiger partial charge >= 0.3 is 0 Å². The van der Waals surface area contributed by atoms with Crippen molar-refractivity contribution in [3.8, 4) is 0 Å². The molecule has 21 heavy (non-hydrogen) atoms. The molecule has 0 aromatic carbocycles. The van der Waals surface area contributed by atoms with Gasteiger partial charge in [-0.25, -0.2) is 17.7 Å². The Kier molecular flexibility index (Phi) is 5.18. The maximum absolute atomic E-state index is 12.0. The van der Waals surface area contributed by atoms with Crippen LogP contribution in [0.3, 0.4) is 0 Å². The summed E-state index contributed by atoms with van der Waals surface area (Å²) in [7, 11) is -0.378. The molecule has 0 amide bonds. The summed E-state index contributed by atoms with van der Waals surface area (Å²) in [6.45, 7) is 1.62. The first kappa shape index (κ1) is 16.2. The Morgan fingerprint density at radius 2 is 2.14 bits per heavy atom. The van der Waals surface area contributed by atoms with Crippen molar-refractivity contribution < 1.29 is 8.42 Å². The van der Waals surface area contributed by atoms with Gasteiger partial charge in [0, 0.05) is 32.9 Å². The van der Waals surface area contributed by atoms with Crippen molar-refractivity contribution in [3.63, 3.8) is 0 Å². The summed E-state index contributed by atoms with van der Waals surface area (Å²) in [6, 6.07) is 3.84. The number of pyridine rings is 1. The Labute approximate surface area is 127 Å². The Balaban J connectivity index is 2.21. The summed E-state index contributed by atoms with van der Waals surface area (Å²) >= 11 is 0. The molecule has 2 rings (SSSR count). The van der Waals surface area contributed by atoms with Crippen LogP contribution in [0.25, 0.3) is 0 Å². The van der Waals surface area contributed by atoms with Gasteiger partial charge in [-0.2, -0.15) is 0 Å². The third kappa shape index (κ3) is 3.53. The highest BCUT2D eigenvalue weighted by atomic mass is 32.2. The van der Waals surface area contributed by atoms with E-state index in [1.807, 2.05) is 0 Å². The van der Waals surface area contributed by atoms with Crippen molar-refractivity contribution in [2.24, 2.45) is 5.73 Å². The zero-order valence-electron chi connectivity index (χ0n) is 12.7. The molecule has 0 spiro atoms. The zero-order valence-corrected chi connectivity index (χ0v) is 13.5. The molecule has 2 heterocycles. The van der Waals surface area contributed by atoms with Gasteiger partial charge in [0.2, 0.25) is 10.0 Å². The number of sulfonamides is 1. The fraction of sp³-hybridized carbons (Fsp3) is 0.643. The summed E-state index contributed by atoms with van der Waals surface area (Å²) in [5.74, 6) is 0.839. The molecule has 1 atom stereocenters. The lowest BCUT2D eigenvalue weighted by Gasteiger charge is -2.36. The van der Waals surface area contributed by atoms with E-state index in [0.717, 1.165) is 31.6 Å². The quantitative estimate of drug-likeness (QED) is 0.879. The molecule has 1 unspecified atom stereocenters. The van der Waals surface area contributed by atoms with Crippen molar-refractivity contribution >= 4 is 15.8 Å². The fourth-order valence-electron chi connectivity index (χ4n) is 2.70. The van der Waals surface area contributed by atoms with Crippen LogP contribution in [0, 0.1) is 0 Å². The van der Waals surface area contributed by atoms with Gasteiger partial charge in [-0.1, -0.05) is 0 Å². The van der Waals surface area contributed by atoms with Gasteiger partial charge in [0.1, 0.15) is 10.7 Å². The smallest absolute Gasteiger partial charge is 0.244 e.